The van der Waals surface area contributed by atoms with E-state index >= 15 is 0 Å². The molecule has 0 bridgehead atoms. The zero-order valence-corrected chi connectivity index (χ0v) is 14.7. The topological polar surface area (TPSA) is 92.8 Å². The van der Waals surface area contributed by atoms with E-state index in [4.69, 9.17) is 9.47 Å². The van der Waals surface area contributed by atoms with Crippen LogP contribution >= 0.6 is 11.3 Å². The number of nitrogens with one attached hydrogen (secondary N) is 2. The largest absolute Gasteiger partial charge is 0.485 e. The van der Waals surface area contributed by atoms with Gasteiger partial charge in [0, 0.05) is 18.1 Å². The van der Waals surface area contributed by atoms with Crippen LogP contribution in [0.4, 0.5) is 5.13 Å². The van der Waals surface area contributed by atoms with Crippen molar-refractivity contribution in [2.75, 3.05) is 18.1 Å². The van der Waals surface area contributed by atoms with Crippen molar-refractivity contribution in [3.63, 3.8) is 0 Å². The number of carbonyl (C=O) groups is 2. The Kier molecular flexibility index (Phi) is 4.61. The molecule has 3 heterocycles. The summed E-state index contributed by atoms with van der Waals surface area (Å²) < 4.78 is 11.1. The summed E-state index contributed by atoms with van der Waals surface area (Å²) >= 11 is 1.49. The zero-order valence-electron chi connectivity index (χ0n) is 13.9. The predicted octanol–water partition coefficient (Wildman–Crippen LogP) is 1.10. The van der Waals surface area contributed by atoms with Gasteiger partial charge in [-0.1, -0.05) is 12.1 Å². The van der Waals surface area contributed by atoms with Gasteiger partial charge in [-0.05, 0) is 25.0 Å². The number of hydrazine groups is 1. The number of fused-ring (bicyclic) bond motifs is 1. The van der Waals surface area contributed by atoms with Crippen LogP contribution in [0.15, 0.2) is 35.8 Å². The smallest absolute Gasteiger partial charge is 0.283 e. The first-order chi connectivity index (χ1) is 12.7. The van der Waals surface area contributed by atoms with E-state index in [0.29, 0.717) is 11.5 Å². The van der Waals surface area contributed by atoms with Crippen LogP contribution in [0.2, 0.25) is 0 Å². The highest BCUT2D eigenvalue weighted by Crippen LogP contribution is 2.31. The molecule has 1 aromatic carbocycles. The maximum Gasteiger partial charge on any atom is 0.283 e. The molecule has 2 aliphatic rings. The molecule has 2 atom stereocenters. The molecule has 2 aromatic rings. The molecule has 0 aliphatic carbocycles. The molecule has 0 radical (unpaired) electrons. The number of thiazole rings is 1. The van der Waals surface area contributed by atoms with Crippen LogP contribution < -0.4 is 25.2 Å². The average Bonchev–Trinajstić information content (AvgIpc) is 3.36. The number of para-hydroxylation sites is 2. The molecule has 0 saturated carbocycles. The van der Waals surface area contributed by atoms with Gasteiger partial charge >= 0.3 is 0 Å². The molecule has 2 amide bonds. The molecular formula is C17H18N4O4S. The van der Waals surface area contributed by atoms with Gasteiger partial charge in [0.05, 0.1) is 0 Å². The van der Waals surface area contributed by atoms with E-state index in [1.165, 1.54) is 11.3 Å². The van der Waals surface area contributed by atoms with E-state index in [1.807, 2.05) is 16.3 Å². The Morgan fingerprint density at radius 1 is 1.19 bits per heavy atom. The number of anilines is 1. The van der Waals surface area contributed by atoms with Crippen molar-refractivity contribution in [2.24, 2.45) is 0 Å². The van der Waals surface area contributed by atoms with Crippen LogP contribution in [0, 0.1) is 0 Å². The van der Waals surface area contributed by atoms with Gasteiger partial charge in [0.1, 0.15) is 12.6 Å². The van der Waals surface area contributed by atoms with Crippen LogP contribution in [0.3, 0.4) is 0 Å². The van der Waals surface area contributed by atoms with Gasteiger partial charge in [0.25, 0.3) is 11.8 Å². The summed E-state index contributed by atoms with van der Waals surface area (Å²) in [6.45, 7) is 0.864. The van der Waals surface area contributed by atoms with E-state index in [9.17, 15) is 9.59 Å². The number of ether oxygens (including phenoxy) is 2. The summed E-state index contributed by atoms with van der Waals surface area (Å²) in [5.74, 6) is 0.399. The lowest BCUT2D eigenvalue weighted by Crippen LogP contribution is -2.54. The second-order valence-corrected chi connectivity index (χ2v) is 6.88. The Morgan fingerprint density at radius 2 is 2.00 bits per heavy atom. The second-order valence-electron chi connectivity index (χ2n) is 6.01. The van der Waals surface area contributed by atoms with Gasteiger partial charge in [-0.15, -0.1) is 11.3 Å². The number of carbonyl (C=O) groups excluding carboxylic acids is 2. The highest BCUT2D eigenvalue weighted by atomic mass is 32.1. The summed E-state index contributed by atoms with van der Waals surface area (Å²) in [6.07, 6.45) is 2.52. The lowest BCUT2D eigenvalue weighted by atomic mass is 10.2. The second kappa shape index (κ2) is 7.20. The molecule has 9 heteroatoms. The van der Waals surface area contributed by atoms with Crippen molar-refractivity contribution in [3.05, 3.63) is 35.8 Å². The van der Waals surface area contributed by atoms with Gasteiger partial charge in [-0.2, -0.15) is 0 Å². The molecule has 4 rings (SSSR count). The van der Waals surface area contributed by atoms with Crippen molar-refractivity contribution in [3.8, 4) is 11.5 Å². The fourth-order valence-corrected chi connectivity index (χ4v) is 3.78. The number of nitrogens with zero attached hydrogens (tertiary/aromatic N) is 2. The number of hydrogen-bond donors (Lipinski definition) is 2. The number of hydrogen-bond acceptors (Lipinski definition) is 7. The molecule has 1 fully saturated rings. The average molecular weight is 374 g/mol. The Hall–Kier alpha value is -2.81. The number of aromatic nitrogens is 1. The third kappa shape index (κ3) is 3.30. The van der Waals surface area contributed by atoms with E-state index in [2.05, 4.69) is 15.8 Å². The van der Waals surface area contributed by atoms with Crippen LogP contribution in [0.1, 0.15) is 12.8 Å². The molecule has 2 aliphatic heterocycles. The Morgan fingerprint density at radius 3 is 2.81 bits per heavy atom. The van der Waals surface area contributed by atoms with Crippen molar-refractivity contribution in [1.29, 1.82) is 0 Å². The predicted molar refractivity (Wildman–Crippen MR) is 95.1 cm³/mol. The Balaban J connectivity index is 1.32. The highest BCUT2D eigenvalue weighted by Gasteiger charge is 2.33. The van der Waals surface area contributed by atoms with Gasteiger partial charge < -0.3 is 14.4 Å². The third-order valence-corrected chi connectivity index (χ3v) is 5.14. The lowest BCUT2D eigenvalue weighted by Gasteiger charge is -2.26. The molecule has 1 aromatic heterocycles. The maximum atomic E-state index is 12.5. The molecule has 136 valence electrons. The first-order valence-corrected chi connectivity index (χ1v) is 9.24. The van der Waals surface area contributed by atoms with E-state index < -0.39 is 12.0 Å². The minimum Gasteiger partial charge on any atom is -0.485 e. The van der Waals surface area contributed by atoms with Gasteiger partial charge in [0.15, 0.2) is 16.6 Å². The molecule has 2 N–H and O–H groups in total. The standard InChI is InChI=1S/C17H18N4O4S/c22-15(11-4-3-8-21(11)17-18-7-9-26-17)19-20-16(23)14-10-24-12-5-1-2-6-13(12)25-14/h1-2,5-7,9,11,14H,3-4,8,10H2,(H,19,22)(H,20,23)/t11-,14+/m0/s1. The summed E-state index contributed by atoms with van der Waals surface area (Å²) in [4.78, 5) is 31.0. The minimum atomic E-state index is -0.816. The van der Waals surface area contributed by atoms with E-state index in [0.717, 1.165) is 24.5 Å². The molecule has 0 spiro atoms. The summed E-state index contributed by atoms with van der Waals surface area (Å²) in [6, 6.07) is 6.80. The molecule has 0 unspecified atom stereocenters. The van der Waals surface area contributed by atoms with Gasteiger partial charge in [-0.25, -0.2) is 4.98 Å². The minimum absolute atomic E-state index is 0.0907. The Bertz CT molecular complexity index is 798. The quantitative estimate of drug-likeness (QED) is 0.782. The first-order valence-electron chi connectivity index (χ1n) is 8.37. The van der Waals surface area contributed by atoms with Crippen molar-refractivity contribution in [2.45, 2.75) is 25.0 Å². The van der Waals surface area contributed by atoms with E-state index in [-0.39, 0.29) is 18.6 Å². The van der Waals surface area contributed by atoms with Crippen molar-refractivity contribution in [1.82, 2.24) is 15.8 Å². The molecule has 1 saturated heterocycles. The van der Waals surface area contributed by atoms with Crippen molar-refractivity contribution >= 4 is 28.3 Å². The SMILES string of the molecule is O=C(NNC(=O)[C@@H]1CCCN1c1nccs1)[C@H]1COc2ccccc2O1. The van der Waals surface area contributed by atoms with E-state index in [1.54, 1.807) is 24.4 Å². The van der Waals surface area contributed by atoms with Crippen LogP contribution in [0.25, 0.3) is 0 Å². The fourth-order valence-electron chi connectivity index (χ4n) is 3.06. The highest BCUT2D eigenvalue weighted by molar-refractivity contribution is 7.13. The zero-order chi connectivity index (χ0) is 17.9. The number of benzene rings is 1. The van der Waals surface area contributed by atoms with Crippen molar-refractivity contribution < 1.29 is 19.1 Å². The summed E-state index contributed by atoms with van der Waals surface area (Å²) in [5.41, 5.74) is 4.94. The van der Waals surface area contributed by atoms with Gasteiger partial charge in [-0.3, -0.25) is 20.4 Å². The maximum absolute atomic E-state index is 12.5. The monoisotopic (exact) mass is 374 g/mol. The number of rotatable bonds is 3. The number of amides is 2. The van der Waals surface area contributed by atoms with Crippen LogP contribution in [0.5, 0.6) is 11.5 Å². The van der Waals surface area contributed by atoms with Crippen LogP contribution in [-0.2, 0) is 9.59 Å². The normalized spacial score (nSPS) is 21.3. The molecule has 8 nitrogen and oxygen atoms in total. The third-order valence-electron chi connectivity index (χ3n) is 4.33. The fraction of sp³-hybridized carbons (Fsp3) is 0.353. The molecule has 26 heavy (non-hydrogen) atoms. The first kappa shape index (κ1) is 16.6. The molecular weight excluding hydrogens is 356 g/mol. The summed E-state index contributed by atoms with van der Waals surface area (Å²) in [5, 5.41) is 2.69. The summed E-state index contributed by atoms with van der Waals surface area (Å²) in [7, 11) is 0. The lowest BCUT2D eigenvalue weighted by molar-refractivity contribution is -0.135. The van der Waals surface area contributed by atoms with Crippen LogP contribution in [-0.4, -0.2) is 42.1 Å². The van der Waals surface area contributed by atoms with Gasteiger partial charge in [0.2, 0.25) is 6.10 Å². The Labute approximate surface area is 154 Å².